The third-order valence-electron chi connectivity index (χ3n) is 2.57. The number of rotatable bonds is 6. The van der Waals surface area contributed by atoms with Gasteiger partial charge in [-0.1, -0.05) is 35.9 Å². The highest BCUT2D eigenvalue weighted by Crippen LogP contribution is 2.34. The molecule has 0 fully saturated rings. The molecule has 0 radical (unpaired) electrons. The normalized spacial score (nSPS) is 10.3. The standard InChI is InChI=1S/C14H13Cl2N3O3/c1-3-4-21-13-10(15)5-9(6-11(13)16)14(20)17-7-12-19-18-8(2)22-12/h3,5-6H,1,4,7H2,2H3,(H,17,20). The number of carbonyl (C=O) groups is 1. The van der Waals surface area contributed by atoms with Crippen LogP contribution < -0.4 is 10.1 Å². The van der Waals surface area contributed by atoms with Gasteiger partial charge < -0.3 is 14.5 Å². The lowest BCUT2D eigenvalue weighted by molar-refractivity contribution is 0.0947. The smallest absolute Gasteiger partial charge is 0.251 e. The van der Waals surface area contributed by atoms with Crippen molar-refractivity contribution >= 4 is 29.1 Å². The van der Waals surface area contributed by atoms with E-state index >= 15 is 0 Å². The number of carbonyl (C=O) groups excluding carboxylic acids is 1. The summed E-state index contributed by atoms with van der Waals surface area (Å²) in [5.41, 5.74) is 0.303. The summed E-state index contributed by atoms with van der Waals surface area (Å²) in [4.78, 5) is 12.1. The second-order valence-electron chi connectivity index (χ2n) is 4.27. The topological polar surface area (TPSA) is 77.2 Å². The second kappa shape index (κ2) is 7.29. The first kappa shape index (κ1) is 16.3. The average molecular weight is 342 g/mol. The summed E-state index contributed by atoms with van der Waals surface area (Å²) in [6.07, 6.45) is 1.57. The molecule has 22 heavy (non-hydrogen) atoms. The molecule has 1 heterocycles. The first-order valence-corrected chi connectivity index (χ1v) is 7.06. The summed E-state index contributed by atoms with van der Waals surface area (Å²) >= 11 is 12.1. The molecule has 0 unspecified atom stereocenters. The van der Waals surface area contributed by atoms with Gasteiger partial charge in [0.05, 0.1) is 16.6 Å². The van der Waals surface area contributed by atoms with Crippen LogP contribution in [0.15, 0.2) is 29.2 Å². The van der Waals surface area contributed by atoms with Crippen LogP contribution in [0.4, 0.5) is 0 Å². The zero-order valence-corrected chi connectivity index (χ0v) is 13.2. The molecule has 1 aromatic heterocycles. The van der Waals surface area contributed by atoms with Gasteiger partial charge in [-0.2, -0.15) is 0 Å². The minimum atomic E-state index is -0.366. The Kier molecular flexibility index (Phi) is 5.41. The minimum absolute atomic E-state index is 0.115. The number of hydrogen-bond acceptors (Lipinski definition) is 5. The van der Waals surface area contributed by atoms with Gasteiger partial charge in [-0.3, -0.25) is 4.79 Å². The molecule has 116 valence electrons. The molecule has 2 rings (SSSR count). The van der Waals surface area contributed by atoms with E-state index in [0.717, 1.165) is 0 Å². The Morgan fingerprint density at radius 2 is 2.09 bits per heavy atom. The van der Waals surface area contributed by atoms with Gasteiger partial charge in [0.25, 0.3) is 5.91 Å². The highest BCUT2D eigenvalue weighted by molar-refractivity contribution is 6.37. The minimum Gasteiger partial charge on any atom is -0.486 e. The summed E-state index contributed by atoms with van der Waals surface area (Å²) < 4.78 is 10.5. The van der Waals surface area contributed by atoms with Gasteiger partial charge in [0.1, 0.15) is 6.61 Å². The molecule has 0 atom stereocenters. The average Bonchev–Trinajstić information content (AvgIpc) is 2.89. The maximum Gasteiger partial charge on any atom is 0.251 e. The summed E-state index contributed by atoms with van der Waals surface area (Å²) in [5, 5.41) is 10.6. The summed E-state index contributed by atoms with van der Waals surface area (Å²) in [6.45, 7) is 5.59. The molecule has 2 aromatic rings. The molecule has 0 bridgehead atoms. The summed E-state index contributed by atoms with van der Waals surface area (Å²) in [5.74, 6) is 0.690. The lowest BCUT2D eigenvalue weighted by Gasteiger charge is -2.10. The molecule has 0 saturated carbocycles. The quantitative estimate of drug-likeness (QED) is 0.816. The molecule has 0 spiro atoms. The van der Waals surface area contributed by atoms with E-state index in [2.05, 4.69) is 22.1 Å². The number of hydrogen-bond donors (Lipinski definition) is 1. The van der Waals surface area contributed by atoms with E-state index in [1.54, 1.807) is 13.0 Å². The molecular weight excluding hydrogens is 329 g/mol. The van der Waals surface area contributed by atoms with Gasteiger partial charge >= 0.3 is 0 Å². The van der Waals surface area contributed by atoms with Gasteiger partial charge in [0, 0.05) is 12.5 Å². The van der Waals surface area contributed by atoms with Crippen LogP contribution in [0.1, 0.15) is 22.1 Å². The summed E-state index contributed by atoms with van der Waals surface area (Å²) in [6, 6.07) is 2.94. The van der Waals surface area contributed by atoms with Crippen LogP contribution in [-0.2, 0) is 6.54 Å². The van der Waals surface area contributed by atoms with Crippen molar-refractivity contribution in [3.63, 3.8) is 0 Å². The molecule has 1 N–H and O–H groups in total. The Labute approximate surface area is 137 Å². The van der Waals surface area contributed by atoms with E-state index in [0.29, 0.717) is 23.1 Å². The Bertz CT molecular complexity index is 677. The first-order valence-electron chi connectivity index (χ1n) is 6.31. The molecule has 1 aromatic carbocycles. The van der Waals surface area contributed by atoms with Crippen LogP contribution in [0.5, 0.6) is 5.75 Å². The zero-order valence-electron chi connectivity index (χ0n) is 11.7. The maximum absolute atomic E-state index is 12.1. The lowest BCUT2D eigenvalue weighted by Crippen LogP contribution is -2.23. The van der Waals surface area contributed by atoms with Crippen molar-refractivity contribution in [2.75, 3.05) is 6.61 Å². The zero-order chi connectivity index (χ0) is 16.1. The number of aromatic nitrogens is 2. The van der Waals surface area contributed by atoms with E-state index in [1.165, 1.54) is 12.1 Å². The van der Waals surface area contributed by atoms with Crippen LogP contribution in [-0.4, -0.2) is 22.7 Å². The number of nitrogens with zero attached hydrogens (tertiary/aromatic N) is 2. The molecule has 6 nitrogen and oxygen atoms in total. The van der Waals surface area contributed by atoms with Gasteiger partial charge in [-0.15, -0.1) is 10.2 Å². The fraction of sp³-hybridized carbons (Fsp3) is 0.214. The first-order chi connectivity index (χ1) is 10.5. The highest BCUT2D eigenvalue weighted by Gasteiger charge is 2.14. The lowest BCUT2D eigenvalue weighted by atomic mass is 10.2. The van der Waals surface area contributed by atoms with Crippen molar-refractivity contribution in [3.05, 3.63) is 52.2 Å². The van der Waals surface area contributed by atoms with E-state index in [1.807, 2.05) is 0 Å². The van der Waals surface area contributed by atoms with E-state index in [4.69, 9.17) is 32.4 Å². The number of nitrogens with one attached hydrogen (secondary N) is 1. The monoisotopic (exact) mass is 341 g/mol. The van der Waals surface area contributed by atoms with Crippen LogP contribution >= 0.6 is 23.2 Å². The number of amides is 1. The van der Waals surface area contributed by atoms with Gasteiger partial charge in [-0.25, -0.2) is 0 Å². The van der Waals surface area contributed by atoms with E-state index in [9.17, 15) is 4.79 Å². The SMILES string of the molecule is C=CCOc1c(Cl)cc(C(=O)NCc2nnc(C)o2)cc1Cl. The van der Waals surface area contributed by atoms with Gasteiger partial charge in [0.2, 0.25) is 11.8 Å². The molecule has 0 aliphatic heterocycles. The maximum atomic E-state index is 12.1. The fourth-order valence-corrected chi connectivity index (χ4v) is 2.23. The second-order valence-corrected chi connectivity index (χ2v) is 5.08. The predicted octanol–water partition coefficient (Wildman–Crippen LogP) is 3.18. The van der Waals surface area contributed by atoms with Crippen molar-refractivity contribution in [1.82, 2.24) is 15.5 Å². The molecule has 0 aliphatic carbocycles. The van der Waals surface area contributed by atoms with Gasteiger partial charge in [0.15, 0.2) is 5.75 Å². The Morgan fingerprint density at radius 3 is 2.64 bits per heavy atom. The Hall–Kier alpha value is -2.05. The van der Waals surface area contributed by atoms with Crippen LogP contribution in [0.25, 0.3) is 0 Å². The number of halogens is 2. The number of aryl methyl sites for hydroxylation is 1. The number of benzene rings is 1. The third-order valence-corrected chi connectivity index (χ3v) is 3.14. The van der Waals surface area contributed by atoms with Gasteiger partial charge in [-0.05, 0) is 12.1 Å². The van der Waals surface area contributed by atoms with E-state index in [-0.39, 0.29) is 29.1 Å². The Morgan fingerprint density at radius 1 is 1.41 bits per heavy atom. The van der Waals surface area contributed by atoms with E-state index < -0.39 is 0 Å². The van der Waals surface area contributed by atoms with Crippen molar-refractivity contribution in [3.8, 4) is 5.75 Å². The summed E-state index contributed by atoms with van der Waals surface area (Å²) in [7, 11) is 0. The number of ether oxygens (including phenoxy) is 1. The van der Waals surface area contributed by atoms with Crippen LogP contribution in [0.3, 0.4) is 0 Å². The van der Waals surface area contributed by atoms with Crippen molar-refractivity contribution in [1.29, 1.82) is 0 Å². The molecule has 0 aliphatic rings. The molecular formula is C14H13Cl2N3O3. The largest absolute Gasteiger partial charge is 0.486 e. The Balaban J connectivity index is 2.08. The molecule has 8 heteroatoms. The van der Waals surface area contributed by atoms with Crippen molar-refractivity contribution < 1.29 is 13.9 Å². The van der Waals surface area contributed by atoms with Crippen LogP contribution in [0, 0.1) is 6.92 Å². The van der Waals surface area contributed by atoms with Crippen LogP contribution in [0.2, 0.25) is 10.0 Å². The third kappa shape index (κ3) is 3.99. The predicted molar refractivity (Wildman–Crippen MR) is 82.4 cm³/mol. The fourth-order valence-electron chi connectivity index (χ4n) is 1.64. The van der Waals surface area contributed by atoms with Crippen molar-refractivity contribution in [2.45, 2.75) is 13.5 Å². The molecule has 1 amide bonds. The molecule has 0 saturated heterocycles. The van der Waals surface area contributed by atoms with Crippen molar-refractivity contribution in [2.24, 2.45) is 0 Å². The highest BCUT2D eigenvalue weighted by atomic mass is 35.5.